The summed E-state index contributed by atoms with van der Waals surface area (Å²) in [5.41, 5.74) is -0.128. The zero-order valence-electron chi connectivity index (χ0n) is 19.3. The van der Waals surface area contributed by atoms with Gasteiger partial charge in [0, 0.05) is 23.7 Å². The summed E-state index contributed by atoms with van der Waals surface area (Å²) in [5.74, 6) is 0.543. The van der Waals surface area contributed by atoms with E-state index < -0.39 is 11.5 Å². The molecular formula is C26H34O5S. The van der Waals surface area contributed by atoms with Crippen LogP contribution in [0.15, 0.2) is 23.8 Å². The summed E-state index contributed by atoms with van der Waals surface area (Å²) in [5, 5.41) is 20.5. The molecule has 2 N–H and O–H groups in total. The Bertz CT molecular complexity index is 954. The van der Waals surface area contributed by atoms with Crippen LogP contribution in [0.5, 0.6) is 0 Å². The summed E-state index contributed by atoms with van der Waals surface area (Å²) in [6.07, 6.45) is 8.33. The fraction of sp³-hybridized carbons (Fsp3) is 0.731. The number of allylic oxidation sites excluding steroid dienone is 3. The van der Waals surface area contributed by atoms with E-state index in [1.54, 1.807) is 19.1 Å². The predicted molar refractivity (Wildman–Crippen MR) is 124 cm³/mol. The minimum absolute atomic E-state index is 0.00796. The lowest BCUT2D eigenvalue weighted by atomic mass is 9.47. The van der Waals surface area contributed by atoms with Gasteiger partial charge in [0.1, 0.15) is 6.10 Å². The first kappa shape index (κ1) is 22.3. The van der Waals surface area contributed by atoms with E-state index in [2.05, 4.69) is 26.8 Å². The third kappa shape index (κ3) is 2.94. The molecule has 5 rings (SSSR count). The van der Waals surface area contributed by atoms with Crippen molar-refractivity contribution < 1.29 is 24.5 Å². The van der Waals surface area contributed by atoms with Crippen LogP contribution in [0, 0.1) is 45.8 Å². The van der Waals surface area contributed by atoms with Gasteiger partial charge in [0.25, 0.3) is 0 Å². The minimum atomic E-state index is -0.816. The molecule has 5 aliphatic carbocycles. The quantitative estimate of drug-likeness (QED) is 0.484. The van der Waals surface area contributed by atoms with E-state index in [9.17, 15) is 19.8 Å². The summed E-state index contributed by atoms with van der Waals surface area (Å²) in [6, 6.07) is 0. The highest BCUT2D eigenvalue weighted by Crippen LogP contribution is 2.67. The van der Waals surface area contributed by atoms with Gasteiger partial charge < -0.3 is 14.9 Å². The van der Waals surface area contributed by atoms with Gasteiger partial charge in [-0.3, -0.25) is 9.59 Å². The number of ketones is 1. The maximum Gasteiger partial charge on any atom is 0.314 e. The fourth-order valence-corrected chi connectivity index (χ4v) is 8.49. The van der Waals surface area contributed by atoms with Gasteiger partial charge >= 0.3 is 5.97 Å². The Hall–Kier alpha value is -1.53. The first-order valence-electron chi connectivity index (χ1n) is 12.0. The summed E-state index contributed by atoms with van der Waals surface area (Å²) in [6.45, 7) is 8.41. The molecule has 2 unspecified atom stereocenters. The Kier molecular flexibility index (Phi) is 4.86. The molecule has 0 amide bonds. The SMILES string of the molecule is C[C@@H]1C[C@H]2[C@@H]3[C@H](OC(=O)C4(C)CC4O)CC4=CC(=O)C=C[C@]4(C)[C@H]3CC[C@]2(C)[C@H]1C(O)=S. The highest BCUT2D eigenvalue weighted by atomic mass is 32.1. The molecule has 32 heavy (non-hydrogen) atoms. The number of thiocarbonyl (C=S) groups is 1. The number of hydrogen-bond donors (Lipinski definition) is 2. The van der Waals surface area contributed by atoms with Crippen molar-refractivity contribution >= 4 is 29.0 Å². The second-order valence-corrected chi connectivity index (χ2v) is 12.3. The van der Waals surface area contributed by atoms with Crippen molar-refractivity contribution in [3.63, 3.8) is 0 Å². The van der Waals surface area contributed by atoms with Crippen LogP contribution in [0.25, 0.3) is 0 Å². The number of aliphatic hydroxyl groups excluding tert-OH is 2. The number of hydrogen-bond acceptors (Lipinski definition) is 5. The van der Waals surface area contributed by atoms with E-state index in [0.29, 0.717) is 12.8 Å². The second kappa shape index (κ2) is 6.99. The van der Waals surface area contributed by atoms with Crippen LogP contribution >= 0.6 is 12.2 Å². The van der Waals surface area contributed by atoms with Crippen LogP contribution in [0.3, 0.4) is 0 Å². The van der Waals surface area contributed by atoms with Gasteiger partial charge in [0.05, 0.1) is 11.5 Å². The molecule has 174 valence electrons. The van der Waals surface area contributed by atoms with Crippen LogP contribution in [0.1, 0.15) is 59.8 Å². The van der Waals surface area contributed by atoms with Crippen molar-refractivity contribution in [2.24, 2.45) is 45.8 Å². The zero-order chi connectivity index (χ0) is 23.2. The number of ether oxygens (including phenoxy) is 1. The Morgan fingerprint density at radius 1 is 1.25 bits per heavy atom. The molecular weight excluding hydrogens is 424 g/mol. The molecule has 0 aliphatic heterocycles. The Morgan fingerprint density at radius 2 is 1.94 bits per heavy atom. The van der Waals surface area contributed by atoms with Crippen LogP contribution < -0.4 is 0 Å². The molecule has 0 aromatic carbocycles. The van der Waals surface area contributed by atoms with E-state index >= 15 is 0 Å². The first-order chi connectivity index (χ1) is 14.9. The van der Waals surface area contributed by atoms with E-state index in [1.807, 2.05) is 0 Å². The molecule has 6 heteroatoms. The van der Waals surface area contributed by atoms with Gasteiger partial charge in [-0.15, -0.1) is 0 Å². The van der Waals surface area contributed by atoms with Crippen LogP contribution in [0.4, 0.5) is 0 Å². The molecule has 0 bridgehead atoms. The Labute approximate surface area is 195 Å². The lowest BCUT2D eigenvalue weighted by molar-refractivity contribution is -0.171. The minimum Gasteiger partial charge on any atom is -0.502 e. The van der Waals surface area contributed by atoms with Crippen LogP contribution in [0.2, 0.25) is 0 Å². The van der Waals surface area contributed by atoms with Gasteiger partial charge in [-0.1, -0.05) is 32.4 Å². The second-order valence-electron chi connectivity index (χ2n) is 11.8. The normalized spacial score (nSPS) is 51.2. The highest BCUT2D eigenvalue weighted by molar-refractivity contribution is 7.80. The maximum absolute atomic E-state index is 13.0. The van der Waals surface area contributed by atoms with E-state index in [4.69, 9.17) is 17.0 Å². The fourth-order valence-electron chi connectivity index (χ4n) is 7.99. The molecule has 4 fully saturated rings. The molecule has 5 nitrogen and oxygen atoms in total. The van der Waals surface area contributed by atoms with Gasteiger partial charge in [-0.2, -0.15) is 0 Å². The third-order valence-corrected chi connectivity index (χ3v) is 10.3. The smallest absolute Gasteiger partial charge is 0.314 e. The molecule has 0 spiro atoms. The van der Waals surface area contributed by atoms with Crippen molar-refractivity contribution in [3.8, 4) is 0 Å². The highest BCUT2D eigenvalue weighted by Gasteiger charge is 2.65. The lowest BCUT2D eigenvalue weighted by Crippen LogP contribution is -2.56. The summed E-state index contributed by atoms with van der Waals surface area (Å²) >= 11 is 5.30. The number of esters is 1. The first-order valence-corrected chi connectivity index (χ1v) is 12.4. The number of rotatable bonds is 3. The monoisotopic (exact) mass is 458 g/mol. The predicted octanol–water partition coefficient (Wildman–Crippen LogP) is 4.33. The van der Waals surface area contributed by atoms with Crippen LogP contribution in [-0.2, 0) is 14.3 Å². The number of carbonyl (C=O) groups excluding carboxylic acids is 2. The molecule has 4 saturated carbocycles. The topological polar surface area (TPSA) is 83.8 Å². The maximum atomic E-state index is 13.0. The van der Waals surface area contributed by atoms with Crippen molar-refractivity contribution in [3.05, 3.63) is 23.8 Å². The molecule has 0 aromatic heterocycles. The van der Waals surface area contributed by atoms with Crippen molar-refractivity contribution in [1.29, 1.82) is 0 Å². The van der Waals surface area contributed by atoms with E-state index in [1.165, 1.54) is 0 Å². The molecule has 0 radical (unpaired) electrons. The number of aliphatic hydroxyl groups is 2. The van der Waals surface area contributed by atoms with E-state index in [0.717, 1.165) is 24.8 Å². The Balaban J connectivity index is 1.55. The summed E-state index contributed by atoms with van der Waals surface area (Å²) < 4.78 is 6.20. The molecule has 0 heterocycles. The zero-order valence-corrected chi connectivity index (χ0v) is 20.2. The summed E-state index contributed by atoms with van der Waals surface area (Å²) in [7, 11) is 0. The lowest BCUT2D eigenvalue weighted by Gasteiger charge is -2.58. The number of carbonyl (C=O) groups is 2. The van der Waals surface area contributed by atoms with Gasteiger partial charge in [0.15, 0.2) is 10.8 Å². The standard InChI is InChI=1S/C26H34O5S/c1-13-9-17-20-16(6-8-25(17,3)21(13)22(29)32)24(2)7-5-15(27)10-14(24)11-18(20)31-23(30)26(4)12-19(26)28/h5,7,10,13,16-21,28H,6,8-9,11-12H2,1-4H3,(H,29,32)/t13-,16+,17+,18-,19?,20-,21-,24+,25+,26?/m1/s1. The van der Waals surface area contributed by atoms with Gasteiger partial charge in [-0.25, -0.2) is 0 Å². The molecule has 0 saturated heterocycles. The van der Waals surface area contributed by atoms with Crippen molar-refractivity contribution in [1.82, 2.24) is 0 Å². The van der Waals surface area contributed by atoms with Crippen LogP contribution in [-0.4, -0.2) is 39.2 Å². The third-order valence-electron chi connectivity index (χ3n) is 10.1. The van der Waals surface area contributed by atoms with E-state index in [-0.39, 0.29) is 63.3 Å². The van der Waals surface area contributed by atoms with Crippen molar-refractivity contribution in [2.45, 2.75) is 72.0 Å². The summed E-state index contributed by atoms with van der Waals surface area (Å²) in [4.78, 5) is 25.3. The van der Waals surface area contributed by atoms with Gasteiger partial charge in [-0.05, 0) is 80.1 Å². The molecule has 5 aliphatic rings. The molecule has 0 aromatic rings. The average Bonchev–Trinajstić information content (AvgIpc) is 3.21. The average molecular weight is 459 g/mol. The van der Waals surface area contributed by atoms with Gasteiger partial charge in [0.2, 0.25) is 0 Å². The number of fused-ring (bicyclic) bond motifs is 5. The van der Waals surface area contributed by atoms with Crippen molar-refractivity contribution in [2.75, 3.05) is 0 Å². The Morgan fingerprint density at radius 3 is 2.56 bits per heavy atom. The molecule has 10 atom stereocenters. The largest absolute Gasteiger partial charge is 0.502 e.